The summed E-state index contributed by atoms with van der Waals surface area (Å²) in [5.41, 5.74) is 7.30. The molecule has 0 aliphatic carbocycles. The summed E-state index contributed by atoms with van der Waals surface area (Å²) in [6, 6.07) is 8.05. The van der Waals surface area contributed by atoms with Crippen LogP contribution in [-0.4, -0.2) is 41.2 Å². The number of H-pyrrole nitrogens is 1. The van der Waals surface area contributed by atoms with Crippen molar-refractivity contribution in [2.24, 2.45) is 0 Å². The number of aromatic amines is 1. The zero-order valence-electron chi connectivity index (χ0n) is 17.0. The first-order valence-electron chi connectivity index (χ1n) is 9.38. The monoisotopic (exact) mass is 378 g/mol. The van der Waals surface area contributed by atoms with Gasteiger partial charge in [0.15, 0.2) is 6.29 Å². The molecule has 3 aromatic rings. The molecule has 0 radical (unpaired) electrons. The van der Waals surface area contributed by atoms with Gasteiger partial charge in [-0.25, -0.2) is 4.98 Å². The van der Waals surface area contributed by atoms with Gasteiger partial charge >= 0.3 is 0 Å². The Kier molecular flexibility index (Phi) is 5.49. The number of nitrogens with zero attached hydrogens (tertiary/aromatic N) is 2. The molecule has 0 saturated heterocycles. The predicted molar refractivity (Wildman–Crippen MR) is 112 cm³/mol. The van der Waals surface area contributed by atoms with Crippen molar-refractivity contribution in [2.45, 2.75) is 33.7 Å². The summed E-state index contributed by atoms with van der Waals surface area (Å²) in [7, 11) is 3.37. The van der Waals surface area contributed by atoms with Crippen LogP contribution in [0, 0.1) is 13.8 Å². The molecular formula is C22H26N4O2. The van der Waals surface area contributed by atoms with Crippen molar-refractivity contribution >= 4 is 28.9 Å². The lowest BCUT2D eigenvalue weighted by atomic mass is 10.00. The number of amides is 1. The summed E-state index contributed by atoms with van der Waals surface area (Å²) < 4.78 is 0. The number of aryl methyl sites for hydroxylation is 3. The molecule has 0 atom stereocenters. The number of hydrogen-bond donors (Lipinski definition) is 2. The highest BCUT2D eigenvalue weighted by molar-refractivity contribution is 6.04. The number of nitrogens with one attached hydrogen (secondary N) is 2. The number of aromatic nitrogens is 2. The number of rotatable bonds is 6. The summed E-state index contributed by atoms with van der Waals surface area (Å²) in [5.74, 6) is -0.203. The molecule has 146 valence electrons. The Hall–Kier alpha value is -3.15. The largest absolute Gasteiger partial charge is 0.379 e. The summed E-state index contributed by atoms with van der Waals surface area (Å²) in [4.78, 5) is 33.3. The zero-order valence-corrected chi connectivity index (χ0v) is 17.0. The normalized spacial score (nSPS) is 10.9. The molecule has 0 fully saturated rings. The average molecular weight is 378 g/mol. The van der Waals surface area contributed by atoms with Crippen molar-refractivity contribution in [2.75, 3.05) is 19.4 Å². The second-order valence-corrected chi connectivity index (χ2v) is 7.18. The van der Waals surface area contributed by atoms with Gasteiger partial charge in [-0.2, -0.15) is 0 Å². The van der Waals surface area contributed by atoms with E-state index in [2.05, 4.69) is 47.3 Å². The van der Waals surface area contributed by atoms with Crippen LogP contribution in [-0.2, 0) is 13.0 Å². The van der Waals surface area contributed by atoms with Gasteiger partial charge in [-0.3, -0.25) is 9.59 Å². The molecular weight excluding hydrogens is 352 g/mol. The lowest BCUT2D eigenvalue weighted by Gasteiger charge is -2.15. The minimum atomic E-state index is -0.203. The summed E-state index contributed by atoms with van der Waals surface area (Å²) in [6.45, 7) is 6.70. The molecule has 1 aromatic carbocycles. The third-order valence-electron chi connectivity index (χ3n) is 5.08. The molecule has 3 rings (SSSR count). The van der Waals surface area contributed by atoms with Crippen molar-refractivity contribution in [1.29, 1.82) is 0 Å². The number of anilines is 1. The Morgan fingerprint density at radius 1 is 1.29 bits per heavy atom. The standard InChI is InChI=1S/C22H26N4O2/c1-6-15-9-7-8-13(2)16(15)11-23-18-10-19(22(28)26(4)5)25-20-17(12-27)14(3)24-21(18)20/h7-10,12,24H,6,11H2,1-5H3,(H,23,25). The van der Waals surface area contributed by atoms with Gasteiger partial charge < -0.3 is 15.2 Å². The van der Waals surface area contributed by atoms with Crippen molar-refractivity contribution in [3.8, 4) is 0 Å². The maximum atomic E-state index is 12.5. The molecule has 0 saturated carbocycles. The van der Waals surface area contributed by atoms with E-state index in [0.717, 1.165) is 29.6 Å². The first-order valence-corrected chi connectivity index (χ1v) is 9.38. The van der Waals surface area contributed by atoms with Gasteiger partial charge in [0.25, 0.3) is 5.91 Å². The van der Waals surface area contributed by atoms with Crippen LogP contribution in [0.3, 0.4) is 0 Å². The van der Waals surface area contributed by atoms with Crippen LogP contribution in [0.25, 0.3) is 11.0 Å². The van der Waals surface area contributed by atoms with E-state index in [-0.39, 0.29) is 5.91 Å². The molecule has 0 aliphatic heterocycles. The first kappa shape index (κ1) is 19.6. The average Bonchev–Trinajstić information content (AvgIpc) is 3.00. The fourth-order valence-electron chi connectivity index (χ4n) is 3.45. The van der Waals surface area contributed by atoms with Crippen molar-refractivity contribution in [3.05, 3.63) is 57.9 Å². The summed E-state index contributed by atoms with van der Waals surface area (Å²) in [6.07, 6.45) is 1.73. The lowest BCUT2D eigenvalue weighted by Crippen LogP contribution is -2.23. The molecule has 6 nitrogen and oxygen atoms in total. The summed E-state index contributed by atoms with van der Waals surface area (Å²) >= 11 is 0. The van der Waals surface area contributed by atoms with E-state index >= 15 is 0 Å². The number of fused-ring (bicyclic) bond motifs is 1. The quantitative estimate of drug-likeness (QED) is 0.638. The molecule has 0 spiro atoms. The molecule has 2 N–H and O–H groups in total. The molecule has 1 amide bonds. The minimum Gasteiger partial charge on any atom is -0.379 e. The fraction of sp³-hybridized carbons (Fsp3) is 0.318. The molecule has 0 aliphatic rings. The zero-order chi connectivity index (χ0) is 20.4. The van der Waals surface area contributed by atoms with Gasteiger partial charge in [0.1, 0.15) is 11.2 Å². The van der Waals surface area contributed by atoms with E-state index in [4.69, 9.17) is 0 Å². The lowest BCUT2D eigenvalue weighted by molar-refractivity contribution is 0.0822. The summed E-state index contributed by atoms with van der Waals surface area (Å²) in [5, 5.41) is 3.46. The van der Waals surface area contributed by atoms with E-state index in [9.17, 15) is 9.59 Å². The second-order valence-electron chi connectivity index (χ2n) is 7.18. The van der Waals surface area contributed by atoms with E-state index in [1.54, 1.807) is 20.2 Å². The van der Waals surface area contributed by atoms with Crippen LogP contribution < -0.4 is 5.32 Å². The first-order chi connectivity index (χ1) is 13.4. The second kappa shape index (κ2) is 7.84. The van der Waals surface area contributed by atoms with Crippen LogP contribution >= 0.6 is 0 Å². The number of benzene rings is 1. The van der Waals surface area contributed by atoms with Gasteiger partial charge in [0.05, 0.1) is 16.8 Å². The van der Waals surface area contributed by atoms with Gasteiger partial charge in [0, 0.05) is 26.3 Å². The van der Waals surface area contributed by atoms with E-state index in [0.29, 0.717) is 23.3 Å². The number of pyridine rings is 1. The van der Waals surface area contributed by atoms with Gasteiger partial charge in [-0.05, 0) is 43.0 Å². The fourth-order valence-corrected chi connectivity index (χ4v) is 3.45. The third-order valence-corrected chi connectivity index (χ3v) is 5.08. The van der Waals surface area contributed by atoms with Crippen LogP contribution in [0.4, 0.5) is 5.69 Å². The van der Waals surface area contributed by atoms with Crippen LogP contribution in [0.2, 0.25) is 0 Å². The smallest absolute Gasteiger partial charge is 0.272 e. The van der Waals surface area contributed by atoms with Crippen molar-refractivity contribution < 1.29 is 9.59 Å². The Morgan fingerprint density at radius 3 is 2.68 bits per heavy atom. The number of carbonyl (C=O) groups is 2. The van der Waals surface area contributed by atoms with Gasteiger partial charge in [-0.1, -0.05) is 25.1 Å². The van der Waals surface area contributed by atoms with Gasteiger partial charge in [-0.15, -0.1) is 0 Å². The number of carbonyl (C=O) groups excluding carboxylic acids is 2. The molecule has 6 heteroatoms. The van der Waals surface area contributed by atoms with Gasteiger partial charge in [0.2, 0.25) is 0 Å². The Bertz CT molecular complexity index is 1050. The highest BCUT2D eigenvalue weighted by atomic mass is 16.2. The Balaban J connectivity index is 2.09. The predicted octanol–water partition coefficient (Wildman–Crippen LogP) is 3.87. The maximum absolute atomic E-state index is 12.5. The van der Waals surface area contributed by atoms with E-state index < -0.39 is 0 Å². The van der Waals surface area contributed by atoms with Crippen molar-refractivity contribution in [3.63, 3.8) is 0 Å². The maximum Gasteiger partial charge on any atom is 0.272 e. The van der Waals surface area contributed by atoms with E-state index in [1.165, 1.54) is 21.6 Å². The van der Waals surface area contributed by atoms with Crippen molar-refractivity contribution in [1.82, 2.24) is 14.9 Å². The topological polar surface area (TPSA) is 78.1 Å². The van der Waals surface area contributed by atoms with Crippen LogP contribution in [0.15, 0.2) is 24.3 Å². The van der Waals surface area contributed by atoms with Crippen LogP contribution in [0.1, 0.15) is 50.2 Å². The Labute approximate surface area is 165 Å². The van der Waals surface area contributed by atoms with E-state index in [1.807, 2.05) is 6.92 Å². The molecule has 2 aromatic heterocycles. The minimum absolute atomic E-state index is 0.203. The third kappa shape index (κ3) is 3.50. The highest BCUT2D eigenvalue weighted by Gasteiger charge is 2.19. The Morgan fingerprint density at radius 2 is 2.04 bits per heavy atom. The highest BCUT2D eigenvalue weighted by Crippen LogP contribution is 2.28. The van der Waals surface area contributed by atoms with Crippen LogP contribution in [0.5, 0.6) is 0 Å². The number of hydrogen-bond acceptors (Lipinski definition) is 4. The molecule has 28 heavy (non-hydrogen) atoms. The molecule has 0 unspecified atom stereocenters. The molecule has 2 heterocycles. The SMILES string of the molecule is CCc1cccc(C)c1CNc1cc(C(=O)N(C)C)nc2c(C=O)c(C)[nH]c12. The number of aldehydes is 1. The molecule has 0 bridgehead atoms.